The predicted octanol–water partition coefficient (Wildman–Crippen LogP) is 1.27. The summed E-state index contributed by atoms with van der Waals surface area (Å²) in [4.78, 5) is 2.51. The zero-order valence-corrected chi connectivity index (χ0v) is 16.5. The molecule has 1 heterocycles. The van der Waals surface area contributed by atoms with Crippen molar-refractivity contribution >= 4 is 10.0 Å². The monoisotopic (exact) mass is 382 g/mol. The van der Waals surface area contributed by atoms with Crippen molar-refractivity contribution in [2.45, 2.75) is 50.2 Å². The highest BCUT2D eigenvalue weighted by atomic mass is 32.2. The Morgan fingerprint density at radius 3 is 2.50 bits per heavy atom. The van der Waals surface area contributed by atoms with Gasteiger partial charge in [0.25, 0.3) is 0 Å². The van der Waals surface area contributed by atoms with Crippen molar-refractivity contribution in [2.24, 2.45) is 0 Å². The first-order chi connectivity index (χ1) is 12.4. The van der Waals surface area contributed by atoms with Gasteiger partial charge in [0, 0.05) is 32.7 Å². The molecule has 1 fully saturated rings. The van der Waals surface area contributed by atoms with E-state index in [1.165, 1.54) is 11.1 Å². The van der Waals surface area contributed by atoms with Gasteiger partial charge in [0.2, 0.25) is 10.0 Å². The summed E-state index contributed by atoms with van der Waals surface area (Å²) in [7, 11) is -3.44. The average molecular weight is 383 g/mol. The van der Waals surface area contributed by atoms with Crippen LogP contribution in [0, 0.1) is 0 Å². The van der Waals surface area contributed by atoms with Crippen molar-refractivity contribution < 1.29 is 18.3 Å². The van der Waals surface area contributed by atoms with E-state index in [-0.39, 0.29) is 6.10 Å². The van der Waals surface area contributed by atoms with Crippen LogP contribution in [0.1, 0.15) is 31.4 Å². The number of aryl methyl sites for hydroxylation is 2. The van der Waals surface area contributed by atoms with Crippen molar-refractivity contribution in [1.82, 2.24) is 9.21 Å². The van der Waals surface area contributed by atoms with E-state index < -0.39 is 16.1 Å². The normalized spacial score (nSPS) is 20.5. The molecule has 26 heavy (non-hydrogen) atoms. The Morgan fingerprint density at radius 1 is 1.12 bits per heavy atom. The fraction of sp³-hybridized carbons (Fsp3) is 0.684. The third-order valence-electron chi connectivity index (χ3n) is 5.13. The number of hydrogen-bond donors (Lipinski definition) is 1. The standard InChI is InChI=1S/C19H30N2O4S/c1-15(2)25-14-18(22)13-20-8-10-21(11-9-20)26(23,24)19-7-6-16-4-3-5-17(16)12-19/h6-7,12,15,18,22H,3-5,8-11,13-14H2,1-2H3/t18-/m0/s1. The minimum Gasteiger partial charge on any atom is -0.389 e. The Bertz CT molecular complexity index is 712. The van der Waals surface area contributed by atoms with Crippen LogP contribution in [-0.4, -0.2) is 74.3 Å². The summed E-state index contributed by atoms with van der Waals surface area (Å²) in [6, 6.07) is 5.58. The van der Waals surface area contributed by atoms with E-state index in [4.69, 9.17) is 4.74 Å². The molecule has 0 radical (unpaired) electrons. The maximum atomic E-state index is 12.9. The second kappa shape index (κ2) is 8.35. The van der Waals surface area contributed by atoms with Crippen LogP contribution in [0.5, 0.6) is 0 Å². The lowest BCUT2D eigenvalue weighted by atomic mass is 10.1. The van der Waals surface area contributed by atoms with Crippen LogP contribution in [0.2, 0.25) is 0 Å². The summed E-state index contributed by atoms with van der Waals surface area (Å²) < 4.78 is 32.9. The quantitative estimate of drug-likeness (QED) is 0.769. The number of sulfonamides is 1. The number of ether oxygens (including phenoxy) is 1. The lowest BCUT2D eigenvalue weighted by molar-refractivity contribution is -0.0117. The van der Waals surface area contributed by atoms with Crippen molar-refractivity contribution in [3.63, 3.8) is 0 Å². The van der Waals surface area contributed by atoms with Gasteiger partial charge in [0.05, 0.1) is 23.7 Å². The molecular weight excluding hydrogens is 352 g/mol. The lowest BCUT2D eigenvalue weighted by Crippen LogP contribution is -2.50. The number of rotatable bonds is 7. The van der Waals surface area contributed by atoms with Crippen molar-refractivity contribution in [2.75, 3.05) is 39.3 Å². The maximum absolute atomic E-state index is 12.9. The van der Waals surface area contributed by atoms with E-state index >= 15 is 0 Å². The number of aliphatic hydroxyl groups excluding tert-OH is 1. The van der Waals surface area contributed by atoms with Gasteiger partial charge in [0.1, 0.15) is 0 Å². The highest BCUT2D eigenvalue weighted by Gasteiger charge is 2.29. The number of benzene rings is 1. The summed E-state index contributed by atoms with van der Waals surface area (Å²) in [5, 5.41) is 10.0. The molecular formula is C19H30N2O4S. The molecule has 1 N–H and O–H groups in total. The summed E-state index contributed by atoms with van der Waals surface area (Å²) in [6.07, 6.45) is 2.69. The van der Waals surface area contributed by atoms with Crippen LogP contribution >= 0.6 is 0 Å². The van der Waals surface area contributed by atoms with Crippen LogP contribution in [-0.2, 0) is 27.6 Å². The van der Waals surface area contributed by atoms with Crippen molar-refractivity contribution in [3.8, 4) is 0 Å². The van der Waals surface area contributed by atoms with E-state index in [1.807, 2.05) is 26.0 Å². The largest absolute Gasteiger partial charge is 0.389 e. The fourth-order valence-corrected chi connectivity index (χ4v) is 5.14. The molecule has 2 aliphatic rings. The lowest BCUT2D eigenvalue weighted by Gasteiger charge is -2.35. The maximum Gasteiger partial charge on any atom is 0.243 e. The van der Waals surface area contributed by atoms with Gasteiger partial charge in [-0.15, -0.1) is 0 Å². The Balaban J connectivity index is 1.55. The Kier molecular flexibility index (Phi) is 6.35. The van der Waals surface area contributed by atoms with Crippen LogP contribution in [0.4, 0.5) is 0 Å². The van der Waals surface area contributed by atoms with Gasteiger partial charge in [-0.05, 0) is 56.4 Å². The first-order valence-electron chi connectivity index (χ1n) is 9.50. The van der Waals surface area contributed by atoms with E-state index in [1.54, 1.807) is 10.4 Å². The first kappa shape index (κ1) is 19.8. The molecule has 0 amide bonds. The number of piperazine rings is 1. The van der Waals surface area contributed by atoms with Gasteiger partial charge < -0.3 is 9.84 Å². The number of aliphatic hydroxyl groups is 1. The summed E-state index contributed by atoms with van der Waals surface area (Å²) in [5.74, 6) is 0. The van der Waals surface area contributed by atoms with Crippen LogP contribution in [0.25, 0.3) is 0 Å². The first-order valence-corrected chi connectivity index (χ1v) is 10.9. The fourth-order valence-electron chi connectivity index (χ4n) is 3.66. The second-order valence-electron chi connectivity index (χ2n) is 7.52. The molecule has 1 aromatic carbocycles. The van der Waals surface area contributed by atoms with E-state index in [0.717, 1.165) is 19.3 Å². The molecule has 1 aliphatic carbocycles. The van der Waals surface area contributed by atoms with Gasteiger partial charge in [-0.25, -0.2) is 8.42 Å². The zero-order valence-electron chi connectivity index (χ0n) is 15.7. The van der Waals surface area contributed by atoms with Gasteiger partial charge in [0.15, 0.2) is 0 Å². The van der Waals surface area contributed by atoms with Gasteiger partial charge >= 0.3 is 0 Å². The molecule has 1 aliphatic heterocycles. The van der Waals surface area contributed by atoms with Crippen LogP contribution in [0.15, 0.2) is 23.1 Å². The molecule has 7 heteroatoms. The van der Waals surface area contributed by atoms with Gasteiger partial charge in [-0.2, -0.15) is 4.31 Å². The van der Waals surface area contributed by atoms with Gasteiger partial charge in [-0.1, -0.05) is 6.07 Å². The Labute approximate surface area is 156 Å². The summed E-state index contributed by atoms with van der Waals surface area (Å²) in [5.41, 5.74) is 2.46. The van der Waals surface area contributed by atoms with Crippen LogP contribution in [0.3, 0.4) is 0 Å². The average Bonchev–Trinajstić information content (AvgIpc) is 3.08. The molecule has 6 nitrogen and oxygen atoms in total. The summed E-state index contributed by atoms with van der Waals surface area (Å²) >= 11 is 0. The third-order valence-corrected chi connectivity index (χ3v) is 7.02. The smallest absolute Gasteiger partial charge is 0.243 e. The molecule has 3 rings (SSSR count). The third kappa shape index (κ3) is 4.64. The Hall–Kier alpha value is -0.990. The molecule has 146 valence electrons. The molecule has 0 aromatic heterocycles. The van der Waals surface area contributed by atoms with E-state index in [0.29, 0.717) is 44.2 Å². The minimum absolute atomic E-state index is 0.0963. The van der Waals surface area contributed by atoms with Crippen molar-refractivity contribution in [3.05, 3.63) is 29.3 Å². The minimum atomic E-state index is -3.44. The Morgan fingerprint density at radius 2 is 1.81 bits per heavy atom. The number of fused-ring (bicyclic) bond motifs is 1. The molecule has 1 atom stereocenters. The molecule has 1 aromatic rings. The number of hydrogen-bond acceptors (Lipinski definition) is 5. The van der Waals surface area contributed by atoms with E-state index in [2.05, 4.69) is 4.90 Å². The molecule has 0 saturated carbocycles. The highest BCUT2D eigenvalue weighted by molar-refractivity contribution is 7.89. The molecule has 0 spiro atoms. The topological polar surface area (TPSA) is 70.1 Å². The predicted molar refractivity (Wildman–Crippen MR) is 101 cm³/mol. The number of nitrogens with zero attached hydrogens (tertiary/aromatic N) is 2. The zero-order chi connectivity index (χ0) is 18.7. The second-order valence-corrected chi connectivity index (χ2v) is 9.46. The molecule has 0 bridgehead atoms. The number of β-amino-alcohol motifs (C(OH)–C–C–N with tert-alkyl or cyclic N) is 1. The highest BCUT2D eigenvalue weighted by Crippen LogP contribution is 2.26. The molecule has 1 saturated heterocycles. The van der Waals surface area contributed by atoms with Gasteiger partial charge in [-0.3, -0.25) is 4.90 Å². The summed E-state index contributed by atoms with van der Waals surface area (Å²) in [6.45, 7) is 6.87. The van der Waals surface area contributed by atoms with Crippen molar-refractivity contribution in [1.29, 1.82) is 0 Å². The van der Waals surface area contributed by atoms with Crippen LogP contribution < -0.4 is 0 Å². The molecule has 0 unspecified atom stereocenters. The SMILES string of the molecule is CC(C)OC[C@@H](O)CN1CCN(S(=O)(=O)c2ccc3c(c2)CCC3)CC1. The van der Waals surface area contributed by atoms with E-state index in [9.17, 15) is 13.5 Å².